The minimum Gasteiger partial charge on any atom is -0.286 e. The molecule has 1 aromatic heterocycles. The first-order valence-corrected chi connectivity index (χ1v) is 6.87. The number of nitrogens with zero attached hydrogens (tertiary/aromatic N) is 2. The monoisotopic (exact) mass is 274 g/mol. The van der Waals surface area contributed by atoms with Gasteiger partial charge in [-0.3, -0.25) is 9.36 Å². The highest BCUT2D eigenvalue weighted by atomic mass is 16.2. The van der Waals surface area contributed by atoms with E-state index < -0.39 is 0 Å². The minimum atomic E-state index is 0.0107. The zero-order chi connectivity index (χ0) is 14.7. The van der Waals surface area contributed by atoms with Gasteiger partial charge >= 0.3 is 0 Å². The summed E-state index contributed by atoms with van der Waals surface area (Å²) in [6, 6.07) is 19.6. The molecule has 0 atom stereocenters. The van der Waals surface area contributed by atoms with Gasteiger partial charge in [-0.05, 0) is 18.1 Å². The van der Waals surface area contributed by atoms with Gasteiger partial charge in [0, 0.05) is 18.0 Å². The van der Waals surface area contributed by atoms with Crippen molar-refractivity contribution in [1.29, 1.82) is 5.26 Å². The lowest BCUT2D eigenvalue weighted by molar-refractivity contribution is 0.0908. The lowest BCUT2D eigenvalue weighted by Crippen LogP contribution is -2.10. The Morgan fingerprint density at radius 3 is 2.52 bits per heavy atom. The zero-order valence-corrected chi connectivity index (χ0v) is 11.5. The van der Waals surface area contributed by atoms with Crippen LogP contribution in [0.5, 0.6) is 0 Å². The molecular weight excluding hydrogens is 260 g/mol. The number of rotatable bonds is 3. The second-order valence-corrected chi connectivity index (χ2v) is 4.92. The maximum Gasteiger partial charge on any atom is 0.231 e. The van der Waals surface area contributed by atoms with E-state index in [1.165, 1.54) is 0 Å². The molecule has 0 saturated heterocycles. The average Bonchev–Trinajstić information content (AvgIpc) is 2.92. The topological polar surface area (TPSA) is 45.8 Å². The molecule has 0 radical (unpaired) electrons. The largest absolute Gasteiger partial charge is 0.286 e. The maximum absolute atomic E-state index is 12.4. The molecule has 0 bridgehead atoms. The van der Waals surface area contributed by atoms with Gasteiger partial charge in [0.2, 0.25) is 5.91 Å². The molecular formula is C18H14N2O. The van der Waals surface area contributed by atoms with Crippen LogP contribution in [-0.4, -0.2) is 10.5 Å². The van der Waals surface area contributed by atoms with Crippen LogP contribution >= 0.6 is 0 Å². The molecule has 102 valence electrons. The smallest absolute Gasteiger partial charge is 0.231 e. The van der Waals surface area contributed by atoms with Crippen molar-refractivity contribution in [1.82, 2.24) is 4.57 Å². The van der Waals surface area contributed by atoms with Gasteiger partial charge in [-0.15, -0.1) is 0 Å². The number of para-hydroxylation sites is 1. The summed E-state index contributed by atoms with van der Waals surface area (Å²) in [5.41, 5.74) is 2.48. The molecule has 0 aliphatic rings. The normalized spacial score (nSPS) is 10.4. The maximum atomic E-state index is 12.4. The molecule has 0 fully saturated rings. The lowest BCUT2D eigenvalue weighted by atomic mass is 10.1. The third kappa shape index (κ3) is 2.56. The van der Waals surface area contributed by atoms with Gasteiger partial charge in [0.1, 0.15) is 6.07 Å². The van der Waals surface area contributed by atoms with E-state index in [-0.39, 0.29) is 5.91 Å². The summed E-state index contributed by atoms with van der Waals surface area (Å²) >= 11 is 0. The Morgan fingerprint density at radius 2 is 1.76 bits per heavy atom. The van der Waals surface area contributed by atoms with Crippen molar-refractivity contribution >= 4 is 16.8 Å². The highest BCUT2D eigenvalue weighted by Gasteiger charge is 2.12. The number of fused-ring (bicyclic) bond motifs is 1. The Balaban J connectivity index is 1.87. The Hall–Kier alpha value is -2.86. The van der Waals surface area contributed by atoms with E-state index >= 15 is 0 Å². The van der Waals surface area contributed by atoms with Gasteiger partial charge in [0.05, 0.1) is 11.1 Å². The molecule has 3 nitrogen and oxygen atoms in total. The summed E-state index contributed by atoms with van der Waals surface area (Å²) in [6.45, 7) is 0. The van der Waals surface area contributed by atoms with E-state index in [9.17, 15) is 4.79 Å². The van der Waals surface area contributed by atoms with E-state index in [0.717, 1.165) is 16.5 Å². The van der Waals surface area contributed by atoms with E-state index in [1.807, 2.05) is 54.6 Å². The Labute approximate surface area is 123 Å². The van der Waals surface area contributed by atoms with Crippen LogP contribution in [0.1, 0.15) is 22.3 Å². The van der Waals surface area contributed by atoms with Gasteiger partial charge in [0.15, 0.2) is 0 Å². The van der Waals surface area contributed by atoms with Gasteiger partial charge in [0.25, 0.3) is 0 Å². The quantitative estimate of drug-likeness (QED) is 0.729. The summed E-state index contributed by atoms with van der Waals surface area (Å²) in [7, 11) is 0. The molecule has 1 heterocycles. The highest BCUT2D eigenvalue weighted by molar-refractivity contribution is 5.95. The highest BCUT2D eigenvalue weighted by Crippen LogP contribution is 2.21. The number of aromatic nitrogens is 1. The third-order valence-electron chi connectivity index (χ3n) is 3.57. The molecule has 0 saturated carbocycles. The molecule has 0 aliphatic heterocycles. The van der Waals surface area contributed by atoms with Gasteiger partial charge in [-0.1, -0.05) is 48.5 Å². The van der Waals surface area contributed by atoms with Crippen LogP contribution in [0.4, 0.5) is 0 Å². The first-order chi connectivity index (χ1) is 10.3. The Bertz CT molecular complexity index is 825. The molecule has 0 amide bonds. The summed E-state index contributed by atoms with van der Waals surface area (Å²) in [4.78, 5) is 12.4. The van der Waals surface area contributed by atoms with Gasteiger partial charge in [-0.2, -0.15) is 5.26 Å². The Morgan fingerprint density at radius 1 is 1.05 bits per heavy atom. The van der Waals surface area contributed by atoms with Gasteiger partial charge < -0.3 is 0 Å². The number of benzene rings is 2. The number of hydrogen-bond donors (Lipinski definition) is 0. The van der Waals surface area contributed by atoms with Crippen LogP contribution < -0.4 is 0 Å². The van der Waals surface area contributed by atoms with Crippen molar-refractivity contribution in [3.05, 3.63) is 71.9 Å². The molecule has 3 rings (SSSR count). The fourth-order valence-electron chi connectivity index (χ4n) is 2.49. The molecule has 0 unspecified atom stereocenters. The second kappa shape index (κ2) is 5.64. The number of nitriles is 1. The third-order valence-corrected chi connectivity index (χ3v) is 3.57. The van der Waals surface area contributed by atoms with Crippen molar-refractivity contribution in [3.63, 3.8) is 0 Å². The minimum absolute atomic E-state index is 0.0107. The molecule has 0 N–H and O–H groups in total. The van der Waals surface area contributed by atoms with Crippen molar-refractivity contribution < 1.29 is 4.79 Å². The van der Waals surface area contributed by atoms with Crippen LogP contribution in [-0.2, 0) is 6.42 Å². The van der Waals surface area contributed by atoms with Crippen LogP contribution in [0.25, 0.3) is 10.9 Å². The number of carbonyl (C=O) groups excluding carboxylic acids is 1. The molecule has 2 aromatic carbocycles. The van der Waals surface area contributed by atoms with Crippen LogP contribution in [0.2, 0.25) is 0 Å². The zero-order valence-electron chi connectivity index (χ0n) is 11.5. The fraction of sp³-hybridized carbons (Fsp3) is 0.111. The lowest BCUT2D eigenvalue weighted by Gasteiger charge is -2.04. The predicted molar refractivity (Wildman–Crippen MR) is 82.0 cm³/mol. The van der Waals surface area contributed by atoms with Gasteiger partial charge in [-0.25, -0.2) is 0 Å². The molecule has 0 spiro atoms. The van der Waals surface area contributed by atoms with E-state index in [2.05, 4.69) is 6.07 Å². The summed E-state index contributed by atoms with van der Waals surface area (Å²) in [5, 5.41) is 9.99. The van der Waals surface area contributed by atoms with Crippen LogP contribution in [0.3, 0.4) is 0 Å². The van der Waals surface area contributed by atoms with Crippen molar-refractivity contribution in [2.45, 2.75) is 12.8 Å². The number of hydrogen-bond acceptors (Lipinski definition) is 2. The standard InChI is InChI=1S/C18H14N2O/c19-12-15-13-20(17-9-5-4-8-16(15)17)18(21)11-10-14-6-2-1-3-7-14/h1-9,13H,10-11H2. The van der Waals surface area contributed by atoms with Crippen LogP contribution in [0, 0.1) is 11.3 Å². The van der Waals surface area contributed by atoms with Crippen molar-refractivity contribution in [2.24, 2.45) is 0 Å². The number of aryl methyl sites for hydroxylation is 1. The first-order valence-electron chi connectivity index (χ1n) is 6.87. The molecule has 3 aromatic rings. The average molecular weight is 274 g/mol. The Kier molecular flexibility index (Phi) is 3.53. The predicted octanol–water partition coefficient (Wildman–Crippen LogP) is 3.79. The number of carbonyl (C=O) groups is 1. The summed E-state index contributed by atoms with van der Waals surface area (Å²) < 4.78 is 1.59. The SMILES string of the molecule is N#Cc1cn(C(=O)CCc2ccccc2)c2ccccc12. The fourth-order valence-corrected chi connectivity index (χ4v) is 2.49. The molecule has 3 heteroatoms. The van der Waals surface area contributed by atoms with E-state index in [4.69, 9.17) is 5.26 Å². The van der Waals surface area contributed by atoms with E-state index in [0.29, 0.717) is 18.4 Å². The summed E-state index contributed by atoms with van der Waals surface area (Å²) in [5.74, 6) is 0.0107. The van der Waals surface area contributed by atoms with Crippen molar-refractivity contribution in [2.75, 3.05) is 0 Å². The van der Waals surface area contributed by atoms with Crippen molar-refractivity contribution in [3.8, 4) is 6.07 Å². The summed E-state index contributed by atoms with van der Waals surface area (Å²) in [6.07, 6.45) is 2.76. The molecule has 21 heavy (non-hydrogen) atoms. The molecule has 0 aliphatic carbocycles. The second-order valence-electron chi connectivity index (χ2n) is 4.92. The van der Waals surface area contributed by atoms with Crippen LogP contribution in [0.15, 0.2) is 60.8 Å². The van der Waals surface area contributed by atoms with E-state index in [1.54, 1.807) is 10.8 Å². The first kappa shape index (κ1) is 13.1.